The van der Waals surface area contributed by atoms with Crippen molar-refractivity contribution in [1.82, 2.24) is 5.32 Å². The monoisotopic (exact) mass is 413 g/mol. The van der Waals surface area contributed by atoms with Crippen LogP contribution in [0.2, 0.25) is 5.02 Å². The molecule has 0 spiro atoms. The average Bonchev–Trinajstić information content (AvgIpc) is 2.44. The van der Waals surface area contributed by atoms with Crippen molar-refractivity contribution >= 4 is 34.2 Å². The summed E-state index contributed by atoms with van der Waals surface area (Å²) in [5, 5.41) is 4.46. The SMILES string of the molecule is CCCNC(Cc1ccc(I)cc1)c1cc(C)cc(Cl)c1. The third-order valence-electron chi connectivity index (χ3n) is 3.46. The number of aryl methyl sites for hydroxylation is 1. The second-order valence-corrected chi connectivity index (χ2v) is 7.08. The fourth-order valence-electron chi connectivity index (χ4n) is 2.45. The molecule has 3 heteroatoms. The molecule has 2 aromatic carbocycles. The van der Waals surface area contributed by atoms with Crippen molar-refractivity contribution in [1.29, 1.82) is 0 Å². The summed E-state index contributed by atoms with van der Waals surface area (Å²) >= 11 is 8.56. The van der Waals surface area contributed by atoms with Crippen molar-refractivity contribution in [3.8, 4) is 0 Å². The van der Waals surface area contributed by atoms with Gasteiger partial charge in [0, 0.05) is 14.6 Å². The van der Waals surface area contributed by atoms with Crippen molar-refractivity contribution in [2.24, 2.45) is 0 Å². The second-order valence-electron chi connectivity index (χ2n) is 5.40. The number of nitrogens with one attached hydrogen (secondary N) is 1. The van der Waals surface area contributed by atoms with Gasteiger partial charge in [0.1, 0.15) is 0 Å². The summed E-state index contributed by atoms with van der Waals surface area (Å²) in [5.41, 5.74) is 3.83. The average molecular weight is 414 g/mol. The lowest BCUT2D eigenvalue weighted by Gasteiger charge is -2.20. The normalized spacial score (nSPS) is 12.4. The predicted molar refractivity (Wildman–Crippen MR) is 100 cm³/mol. The number of hydrogen-bond donors (Lipinski definition) is 1. The summed E-state index contributed by atoms with van der Waals surface area (Å²) in [7, 11) is 0. The second kappa shape index (κ2) is 8.16. The van der Waals surface area contributed by atoms with Gasteiger partial charge in [-0.05, 0) is 89.9 Å². The van der Waals surface area contributed by atoms with Gasteiger partial charge in [-0.25, -0.2) is 0 Å². The minimum Gasteiger partial charge on any atom is -0.310 e. The van der Waals surface area contributed by atoms with Gasteiger partial charge in [-0.1, -0.05) is 36.7 Å². The van der Waals surface area contributed by atoms with Gasteiger partial charge in [-0.3, -0.25) is 0 Å². The summed E-state index contributed by atoms with van der Waals surface area (Å²) in [6, 6.07) is 15.4. The largest absolute Gasteiger partial charge is 0.310 e. The first-order chi connectivity index (χ1) is 10.1. The topological polar surface area (TPSA) is 12.0 Å². The van der Waals surface area contributed by atoms with E-state index >= 15 is 0 Å². The first-order valence-corrected chi connectivity index (χ1v) is 8.79. The molecule has 1 nitrogen and oxygen atoms in total. The highest BCUT2D eigenvalue weighted by Crippen LogP contribution is 2.24. The molecule has 0 amide bonds. The van der Waals surface area contributed by atoms with Crippen LogP contribution in [-0.4, -0.2) is 6.54 Å². The highest BCUT2D eigenvalue weighted by Gasteiger charge is 2.12. The Morgan fingerprint density at radius 1 is 1.14 bits per heavy atom. The van der Waals surface area contributed by atoms with E-state index in [0.717, 1.165) is 24.4 Å². The smallest absolute Gasteiger partial charge is 0.0411 e. The standard InChI is InChI=1S/C18H21ClIN/c1-3-8-21-18(11-14-4-6-17(20)7-5-14)15-9-13(2)10-16(19)12-15/h4-7,9-10,12,18,21H,3,8,11H2,1-2H3. The van der Waals surface area contributed by atoms with Crippen LogP contribution < -0.4 is 5.32 Å². The molecule has 0 heterocycles. The van der Waals surface area contributed by atoms with Gasteiger partial charge in [0.15, 0.2) is 0 Å². The molecule has 21 heavy (non-hydrogen) atoms. The molecule has 0 aliphatic rings. The Hall–Kier alpha value is -0.580. The van der Waals surface area contributed by atoms with Crippen LogP contribution in [0, 0.1) is 10.5 Å². The summed E-state index contributed by atoms with van der Waals surface area (Å²) < 4.78 is 1.27. The van der Waals surface area contributed by atoms with E-state index in [-0.39, 0.29) is 0 Å². The lowest BCUT2D eigenvalue weighted by Crippen LogP contribution is -2.24. The first kappa shape index (κ1) is 16.8. The van der Waals surface area contributed by atoms with E-state index < -0.39 is 0 Å². The minimum absolute atomic E-state index is 0.308. The van der Waals surface area contributed by atoms with Gasteiger partial charge in [-0.15, -0.1) is 0 Å². The van der Waals surface area contributed by atoms with Crippen molar-refractivity contribution in [3.05, 3.63) is 67.7 Å². The maximum atomic E-state index is 6.22. The summed E-state index contributed by atoms with van der Waals surface area (Å²) in [5.74, 6) is 0. The fourth-order valence-corrected chi connectivity index (χ4v) is 3.11. The molecule has 0 saturated carbocycles. The number of benzene rings is 2. The van der Waals surface area contributed by atoms with Crippen molar-refractivity contribution in [2.75, 3.05) is 6.54 Å². The molecule has 0 radical (unpaired) electrons. The van der Waals surface area contributed by atoms with Crippen molar-refractivity contribution < 1.29 is 0 Å². The maximum absolute atomic E-state index is 6.22. The van der Waals surface area contributed by atoms with E-state index in [1.165, 1.54) is 20.3 Å². The van der Waals surface area contributed by atoms with Crippen LogP contribution in [0.4, 0.5) is 0 Å². The molecular formula is C18H21ClIN. The van der Waals surface area contributed by atoms with E-state index in [2.05, 4.69) is 78.2 Å². The van der Waals surface area contributed by atoms with E-state index in [9.17, 15) is 0 Å². The van der Waals surface area contributed by atoms with Crippen LogP contribution in [0.1, 0.15) is 36.1 Å². The Balaban J connectivity index is 2.22. The molecule has 1 unspecified atom stereocenters. The van der Waals surface area contributed by atoms with Crippen LogP contribution in [0.3, 0.4) is 0 Å². The number of hydrogen-bond acceptors (Lipinski definition) is 1. The molecule has 0 aliphatic carbocycles. The molecule has 2 aromatic rings. The third-order valence-corrected chi connectivity index (χ3v) is 4.40. The zero-order chi connectivity index (χ0) is 15.2. The fraction of sp³-hybridized carbons (Fsp3) is 0.333. The summed E-state index contributed by atoms with van der Waals surface area (Å²) in [6.07, 6.45) is 2.11. The molecule has 2 rings (SSSR count). The molecular weight excluding hydrogens is 393 g/mol. The molecule has 0 fully saturated rings. The molecule has 1 atom stereocenters. The molecule has 1 N–H and O–H groups in total. The van der Waals surface area contributed by atoms with E-state index in [0.29, 0.717) is 6.04 Å². The van der Waals surface area contributed by atoms with Crippen molar-refractivity contribution in [3.63, 3.8) is 0 Å². The summed E-state index contributed by atoms with van der Waals surface area (Å²) in [6.45, 7) is 5.30. The van der Waals surface area contributed by atoms with Crippen LogP contribution in [0.25, 0.3) is 0 Å². The molecule has 112 valence electrons. The van der Waals surface area contributed by atoms with Crippen LogP contribution in [0.5, 0.6) is 0 Å². The Kier molecular flexibility index (Phi) is 6.52. The highest BCUT2D eigenvalue weighted by atomic mass is 127. The van der Waals surface area contributed by atoms with Gasteiger partial charge in [0.05, 0.1) is 0 Å². The first-order valence-electron chi connectivity index (χ1n) is 7.33. The molecule has 0 aromatic heterocycles. The quantitative estimate of drug-likeness (QED) is 0.613. The van der Waals surface area contributed by atoms with E-state index in [1.807, 2.05) is 6.07 Å². The van der Waals surface area contributed by atoms with Gasteiger partial charge >= 0.3 is 0 Å². The number of rotatable bonds is 6. The third kappa shape index (κ3) is 5.28. The van der Waals surface area contributed by atoms with E-state index in [4.69, 9.17) is 11.6 Å². The van der Waals surface area contributed by atoms with E-state index in [1.54, 1.807) is 0 Å². The summed E-state index contributed by atoms with van der Waals surface area (Å²) in [4.78, 5) is 0. The van der Waals surface area contributed by atoms with Crippen LogP contribution in [-0.2, 0) is 6.42 Å². The Morgan fingerprint density at radius 2 is 1.86 bits per heavy atom. The zero-order valence-electron chi connectivity index (χ0n) is 12.5. The molecule has 0 saturated heterocycles. The van der Waals surface area contributed by atoms with Gasteiger partial charge in [-0.2, -0.15) is 0 Å². The Bertz CT molecular complexity index is 560. The molecule has 0 bridgehead atoms. The number of halogens is 2. The van der Waals surface area contributed by atoms with Gasteiger partial charge in [0.25, 0.3) is 0 Å². The minimum atomic E-state index is 0.308. The zero-order valence-corrected chi connectivity index (χ0v) is 15.4. The van der Waals surface area contributed by atoms with Crippen LogP contribution in [0.15, 0.2) is 42.5 Å². The highest BCUT2D eigenvalue weighted by molar-refractivity contribution is 14.1. The molecule has 0 aliphatic heterocycles. The maximum Gasteiger partial charge on any atom is 0.0411 e. The lowest BCUT2D eigenvalue weighted by atomic mass is 9.97. The Labute approximate surface area is 146 Å². The Morgan fingerprint density at radius 3 is 2.48 bits per heavy atom. The van der Waals surface area contributed by atoms with Gasteiger partial charge < -0.3 is 5.32 Å². The lowest BCUT2D eigenvalue weighted by molar-refractivity contribution is 0.529. The predicted octanol–water partition coefficient (Wildman–Crippen LogP) is 5.54. The van der Waals surface area contributed by atoms with Gasteiger partial charge in [0.2, 0.25) is 0 Å². The van der Waals surface area contributed by atoms with Crippen molar-refractivity contribution in [2.45, 2.75) is 32.7 Å². The van der Waals surface area contributed by atoms with Crippen LogP contribution >= 0.6 is 34.2 Å².